The van der Waals surface area contributed by atoms with Gasteiger partial charge in [-0.2, -0.15) is 8.42 Å². The zero-order valence-electron chi connectivity index (χ0n) is 4.16. The second kappa shape index (κ2) is 2.98. The first-order valence-electron chi connectivity index (χ1n) is 1.92. The molecule has 6 heteroatoms. The number of hydrogen-bond donors (Lipinski definition) is 3. The van der Waals surface area contributed by atoms with Gasteiger partial charge >= 0.3 is 0 Å². The lowest BCUT2D eigenvalue weighted by molar-refractivity contribution is 0.477. The summed E-state index contributed by atoms with van der Waals surface area (Å²) in [5, 5.41) is 2.23. The predicted octanol–water partition coefficient (Wildman–Crippen LogP) is -1.66. The Kier molecular flexibility index (Phi) is 2.91. The molecule has 50 valence electrons. The molecule has 0 aromatic rings. The van der Waals surface area contributed by atoms with E-state index in [1.807, 2.05) is 0 Å². The Morgan fingerprint density at radius 2 is 2.12 bits per heavy atom. The SMILES string of the molecule is NCNCS(=O)(=O)O. The summed E-state index contributed by atoms with van der Waals surface area (Å²) in [6.07, 6.45) is 0. The highest BCUT2D eigenvalue weighted by atomic mass is 32.2. The average molecular weight is 140 g/mol. The molecule has 0 aliphatic rings. The Bertz CT molecular complexity index is 139. The van der Waals surface area contributed by atoms with Crippen molar-refractivity contribution in [2.45, 2.75) is 0 Å². The van der Waals surface area contributed by atoms with Crippen LogP contribution in [0.2, 0.25) is 0 Å². The first-order valence-corrected chi connectivity index (χ1v) is 3.53. The fraction of sp³-hybridized carbons (Fsp3) is 1.00. The minimum Gasteiger partial charge on any atom is -0.318 e. The van der Waals surface area contributed by atoms with Crippen molar-refractivity contribution in [3.8, 4) is 0 Å². The van der Waals surface area contributed by atoms with Gasteiger partial charge in [0.05, 0.1) is 0 Å². The van der Waals surface area contributed by atoms with E-state index in [-0.39, 0.29) is 6.67 Å². The monoisotopic (exact) mass is 140 g/mol. The van der Waals surface area contributed by atoms with Gasteiger partial charge in [-0.1, -0.05) is 0 Å². The third kappa shape index (κ3) is 5.83. The molecule has 0 rings (SSSR count). The van der Waals surface area contributed by atoms with Crippen LogP contribution < -0.4 is 11.1 Å². The lowest BCUT2D eigenvalue weighted by atomic mass is 11.1. The lowest BCUT2D eigenvalue weighted by Crippen LogP contribution is -2.28. The molecule has 0 aromatic carbocycles. The van der Waals surface area contributed by atoms with Gasteiger partial charge in [-0.05, 0) is 0 Å². The smallest absolute Gasteiger partial charge is 0.278 e. The van der Waals surface area contributed by atoms with Crippen molar-refractivity contribution in [2.75, 3.05) is 12.5 Å². The molecule has 5 nitrogen and oxygen atoms in total. The van der Waals surface area contributed by atoms with Crippen molar-refractivity contribution < 1.29 is 13.0 Å². The van der Waals surface area contributed by atoms with Gasteiger partial charge in [0.15, 0.2) is 0 Å². The van der Waals surface area contributed by atoms with Gasteiger partial charge < -0.3 is 5.73 Å². The van der Waals surface area contributed by atoms with E-state index in [9.17, 15) is 8.42 Å². The molecule has 0 saturated heterocycles. The Hall–Kier alpha value is -0.170. The number of nitrogens with one attached hydrogen (secondary N) is 1. The summed E-state index contributed by atoms with van der Waals surface area (Å²) in [6, 6.07) is 0. The van der Waals surface area contributed by atoms with Gasteiger partial charge in [0.2, 0.25) is 0 Å². The molecule has 0 amide bonds. The third-order valence-electron chi connectivity index (χ3n) is 0.429. The second-order valence-corrected chi connectivity index (χ2v) is 2.63. The minimum absolute atomic E-state index is 0.0415. The van der Waals surface area contributed by atoms with E-state index in [2.05, 4.69) is 5.32 Å². The zero-order chi connectivity index (χ0) is 6.62. The second-order valence-electron chi connectivity index (χ2n) is 1.18. The normalized spacial score (nSPS) is 11.8. The van der Waals surface area contributed by atoms with Crippen molar-refractivity contribution in [2.24, 2.45) is 5.73 Å². The maximum atomic E-state index is 9.83. The van der Waals surface area contributed by atoms with E-state index in [1.54, 1.807) is 0 Å². The van der Waals surface area contributed by atoms with E-state index in [1.165, 1.54) is 0 Å². The zero-order valence-corrected chi connectivity index (χ0v) is 4.98. The Morgan fingerprint density at radius 3 is 2.25 bits per heavy atom. The average Bonchev–Trinajstić information content (AvgIpc) is 1.59. The first-order chi connectivity index (χ1) is 3.56. The molecule has 0 aliphatic carbocycles. The topological polar surface area (TPSA) is 92.4 Å². The van der Waals surface area contributed by atoms with Gasteiger partial charge in [-0.3, -0.25) is 9.87 Å². The third-order valence-corrected chi connectivity index (χ3v) is 0.998. The molecule has 0 fully saturated rings. The molecule has 0 unspecified atom stereocenters. The Morgan fingerprint density at radius 1 is 1.62 bits per heavy atom. The summed E-state index contributed by atoms with van der Waals surface area (Å²) in [5.74, 6) is -0.483. The fourth-order valence-corrected chi connectivity index (χ4v) is 0.564. The molecular formula is C2H8N2O3S. The van der Waals surface area contributed by atoms with Crippen molar-refractivity contribution in [3.63, 3.8) is 0 Å². The van der Waals surface area contributed by atoms with E-state index in [4.69, 9.17) is 10.3 Å². The minimum atomic E-state index is -3.88. The molecule has 0 atom stereocenters. The van der Waals surface area contributed by atoms with E-state index >= 15 is 0 Å². The van der Waals surface area contributed by atoms with Gasteiger partial charge in [0.1, 0.15) is 5.88 Å². The summed E-state index contributed by atoms with van der Waals surface area (Å²) in [4.78, 5) is 0. The molecule has 8 heavy (non-hydrogen) atoms. The summed E-state index contributed by atoms with van der Waals surface area (Å²) in [7, 11) is -3.88. The molecule has 4 N–H and O–H groups in total. The molecule has 0 saturated carbocycles. The van der Waals surface area contributed by atoms with Crippen LogP contribution in [0.1, 0.15) is 0 Å². The molecule has 0 aliphatic heterocycles. The van der Waals surface area contributed by atoms with Crippen LogP contribution in [0.4, 0.5) is 0 Å². The Labute approximate surface area is 47.6 Å². The number of rotatable bonds is 3. The maximum Gasteiger partial charge on any atom is 0.278 e. The summed E-state index contributed by atoms with van der Waals surface area (Å²) >= 11 is 0. The number of hydrogen-bond acceptors (Lipinski definition) is 4. The quantitative estimate of drug-likeness (QED) is 0.322. The van der Waals surface area contributed by atoms with Crippen molar-refractivity contribution in [1.82, 2.24) is 5.32 Å². The molecular weight excluding hydrogens is 132 g/mol. The molecule has 0 spiro atoms. The highest BCUT2D eigenvalue weighted by Gasteiger charge is 1.99. The summed E-state index contributed by atoms with van der Waals surface area (Å²) < 4.78 is 27.7. The van der Waals surface area contributed by atoms with E-state index < -0.39 is 16.0 Å². The molecule has 0 heterocycles. The van der Waals surface area contributed by atoms with Gasteiger partial charge in [-0.25, -0.2) is 0 Å². The molecule has 0 radical (unpaired) electrons. The molecule has 0 aromatic heterocycles. The lowest BCUT2D eigenvalue weighted by Gasteiger charge is -1.94. The van der Waals surface area contributed by atoms with E-state index in [0.717, 1.165) is 0 Å². The predicted molar refractivity (Wildman–Crippen MR) is 28.6 cm³/mol. The van der Waals surface area contributed by atoms with Crippen LogP contribution in [0.25, 0.3) is 0 Å². The van der Waals surface area contributed by atoms with Crippen LogP contribution in [-0.4, -0.2) is 25.5 Å². The highest BCUT2D eigenvalue weighted by molar-refractivity contribution is 7.85. The number of nitrogens with two attached hydrogens (primary N) is 1. The maximum absolute atomic E-state index is 9.83. The van der Waals surface area contributed by atoms with Gasteiger partial charge in [-0.15, -0.1) is 0 Å². The summed E-state index contributed by atoms with van der Waals surface area (Å²) in [5.41, 5.74) is 4.85. The van der Waals surface area contributed by atoms with Crippen LogP contribution in [0.3, 0.4) is 0 Å². The van der Waals surface area contributed by atoms with Crippen molar-refractivity contribution in [3.05, 3.63) is 0 Å². The van der Waals surface area contributed by atoms with Crippen LogP contribution in [0.5, 0.6) is 0 Å². The van der Waals surface area contributed by atoms with Crippen LogP contribution in [-0.2, 0) is 10.1 Å². The Balaban J connectivity index is 3.42. The fourth-order valence-electron chi connectivity index (χ4n) is 0.188. The van der Waals surface area contributed by atoms with E-state index in [0.29, 0.717) is 0 Å². The van der Waals surface area contributed by atoms with Crippen molar-refractivity contribution in [1.29, 1.82) is 0 Å². The van der Waals surface area contributed by atoms with Gasteiger partial charge in [0.25, 0.3) is 10.1 Å². The largest absolute Gasteiger partial charge is 0.318 e. The highest BCUT2D eigenvalue weighted by Crippen LogP contribution is 1.72. The van der Waals surface area contributed by atoms with Crippen LogP contribution in [0.15, 0.2) is 0 Å². The van der Waals surface area contributed by atoms with Crippen molar-refractivity contribution >= 4 is 10.1 Å². The molecule has 0 bridgehead atoms. The van der Waals surface area contributed by atoms with Crippen LogP contribution in [0, 0.1) is 0 Å². The summed E-state index contributed by atoms with van der Waals surface area (Å²) in [6.45, 7) is 0.0415. The van der Waals surface area contributed by atoms with Gasteiger partial charge in [0, 0.05) is 6.67 Å². The standard InChI is InChI=1S/C2H8N2O3S/c3-1-4-2-8(5,6)7/h4H,1-3H2,(H,5,6,7). The first kappa shape index (κ1) is 7.83. The van der Waals surface area contributed by atoms with Crippen LogP contribution >= 0.6 is 0 Å².